The number of halogens is 3. The number of benzene rings is 2. The summed E-state index contributed by atoms with van der Waals surface area (Å²) in [6.07, 6.45) is 0. The third-order valence-corrected chi connectivity index (χ3v) is 3.34. The van der Waals surface area contributed by atoms with Crippen LogP contribution in [0.15, 0.2) is 36.4 Å². The Morgan fingerprint density at radius 3 is 2.47 bits per heavy atom. The number of nitrogen functional groups attached to an aromatic ring is 1. The second kappa shape index (κ2) is 5.10. The third-order valence-electron chi connectivity index (χ3n) is 2.21. The lowest BCUT2D eigenvalue weighted by atomic mass is 10.2. The summed E-state index contributed by atoms with van der Waals surface area (Å²) in [5.74, 6) is -0.348. The summed E-state index contributed by atoms with van der Waals surface area (Å²) < 4.78 is 13.9. The quantitative estimate of drug-likeness (QED) is 0.613. The lowest BCUT2D eigenvalue weighted by Gasteiger charge is -2.11. The van der Waals surface area contributed by atoms with Crippen molar-refractivity contribution in [1.82, 2.24) is 0 Å². The maximum Gasteiger partial charge on any atom is 0.125 e. The normalized spacial score (nSPS) is 10.3. The van der Waals surface area contributed by atoms with Crippen LogP contribution in [0.3, 0.4) is 0 Å². The molecule has 0 bridgehead atoms. The molecule has 0 radical (unpaired) electrons. The molecule has 2 rings (SSSR count). The smallest absolute Gasteiger partial charge is 0.125 e. The molecule has 0 saturated carbocycles. The zero-order valence-electron chi connectivity index (χ0n) is 8.68. The molecule has 0 aliphatic carbocycles. The molecule has 88 valence electrons. The van der Waals surface area contributed by atoms with Gasteiger partial charge >= 0.3 is 0 Å². The van der Waals surface area contributed by atoms with Crippen molar-refractivity contribution in [3.8, 4) is 0 Å². The molecule has 0 aliphatic rings. The number of hydrogen-bond acceptors (Lipinski definition) is 2. The van der Waals surface area contributed by atoms with Gasteiger partial charge in [-0.3, -0.25) is 0 Å². The third kappa shape index (κ3) is 3.01. The highest BCUT2D eigenvalue weighted by molar-refractivity contribution is 14.1. The average Bonchev–Trinajstić information content (AvgIpc) is 2.25. The Morgan fingerprint density at radius 2 is 1.82 bits per heavy atom. The van der Waals surface area contributed by atoms with Crippen LogP contribution in [0.2, 0.25) is 5.02 Å². The summed E-state index contributed by atoms with van der Waals surface area (Å²) >= 11 is 8.03. The van der Waals surface area contributed by atoms with Gasteiger partial charge in [-0.15, -0.1) is 0 Å². The Labute approximate surface area is 117 Å². The molecule has 0 fully saturated rings. The topological polar surface area (TPSA) is 38.0 Å². The van der Waals surface area contributed by atoms with E-state index in [1.165, 1.54) is 12.1 Å². The van der Waals surface area contributed by atoms with Crippen LogP contribution < -0.4 is 11.1 Å². The maximum absolute atomic E-state index is 12.9. The number of nitrogens with two attached hydrogens (primary N) is 1. The van der Waals surface area contributed by atoms with Crippen molar-refractivity contribution in [2.24, 2.45) is 0 Å². The molecule has 17 heavy (non-hydrogen) atoms. The first-order valence-electron chi connectivity index (χ1n) is 4.83. The fourth-order valence-electron chi connectivity index (χ4n) is 1.38. The van der Waals surface area contributed by atoms with Crippen LogP contribution in [-0.4, -0.2) is 0 Å². The molecule has 5 heteroatoms. The summed E-state index contributed by atoms with van der Waals surface area (Å²) in [5.41, 5.74) is 7.64. The summed E-state index contributed by atoms with van der Waals surface area (Å²) in [4.78, 5) is 0. The van der Waals surface area contributed by atoms with Crippen molar-refractivity contribution in [3.63, 3.8) is 0 Å². The monoisotopic (exact) mass is 362 g/mol. The molecule has 0 saturated heterocycles. The van der Waals surface area contributed by atoms with Gasteiger partial charge in [-0.25, -0.2) is 4.39 Å². The van der Waals surface area contributed by atoms with Gasteiger partial charge in [0, 0.05) is 8.59 Å². The van der Waals surface area contributed by atoms with Crippen molar-refractivity contribution < 1.29 is 4.39 Å². The first kappa shape index (κ1) is 12.4. The fourth-order valence-corrected chi connectivity index (χ4v) is 2.39. The van der Waals surface area contributed by atoms with Gasteiger partial charge in [-0.1, -0.05) is 11.6 Å². The Bertz CT molecular complexity index is 511. The van der Waals surface area contributed by atoms with Gasteiger partial charge in [0.15, 0.2) is 0 Å². The first-order chi connectivity index (χ1) is 8.06. The zero-order valence-corrected chi connectivity index (χ0v) is 11.6. The van der Waals surface area contributed by atoms with Crippen LogP contribution >= 0.6 is 34.2 Å². The van der Waals surface area contributed by atoms with E-state index in [1.807, 2.05) is 12.1 Å². The summed E-state index contributed by atoms with van der Waals surface area (Å²) in [6.45, 7) is 0. The van der Waals surface area contributed by atoms with Crippen molar-refractivity contribution in [1.29, 1.82) is 0 Å². The van der Waals surface area contributed by atoms with E-state index in [0.717, 1.165) is 9.26 Å². The molecule has 2 aromatic carbocycles. The van der Waals surface area contributed by atoms with Crippen molar-refractivity contribution in [3.05, 3.63) is 50.8 Å². The highest BCUT2D eigenvalue weighted by Gasteiger charge is 2.04. The highest BCUT2D eigenvalue weighted by atomic mass is 127. The van der Waals surface area contributed by atoms with E-state index in [-0.39, 0.29) is 5.82 Å². The van der Waals surface area contributed by atoms with E-state index in [1.54, 1.807) is 12.1 Å². The second-order valence-electron chi connectivity index (χ2n) is 3.48. The first-order valence-corrected chi connectivity index (χ1v) is 6.29. The van der Waals surface area contributed by atoms with E-state index in [4.69, 9.17) is 17.3 Å². The van der Waals surface area contributed by atoms with Crippen LogP contribution in [0.5, 0.6) is 0 Å². The fraction of sp³-hybridized carbons (Fsp3) is 0. The van der Waals surface area contributed by atoms with Gasteiger partial charge in [0.25, 0.3) is 0 Å². The zero-order chi connectivity index (χ0) is 12.4. The van der Waals surface area contributed by atoms with Crippen molar-refractivity contribution in [2.75, 3.05) is 11.1 Å². The van der Waals surface area contributed by atoms with Gasteiger partial charge in [-0.2, -0.15) is 0 Å². The molecule has 0 aromatic heterocycles. The Morgan fingerprint density at radius 1 is 1.12 bits per heavy atom. The van der Waals surface area contributed by atoms with Crippen LogP contribution in [0.4, 0.5) is 21.5 Å². The van der Waals surface area contributed by atoms with E-state index in [2.05, 4.69) is 27.9 Å². The van der Waals surface area contributed by atoms with E-state index in [0.29, 0.717) is 16.4 Å². The van der Waals surface area contributed by atoms with Crippen LogP contribution in [-0.2, 0) is 0 Å². The molecule has 2 nitrogen and oxygen atoms in total. The number of nitrogens with one attached hydrogen (secondary N) is 1. The Hall–Kier alpha value is -1.01. The second-order valence-corrected chi connectivity index (χ2v) is 5.08. The van der Waals surface area contributed by atoms with E-state index < -0.39 is 0 Å². The maximum atomic E-state index is 12.9. The lowest BCUT2D eigenvalue weighted by molar-refractivity contribution is 0.628. The van der Waals surface area contributed by atoms with Gasteiger partial charge in [0.2, 0.25) is 0 Å². The largest absolute Gasteiger partial charge is 0.397 e. The van der Waals surface area contributed by atoms with Crippen LogP contribution in [0.25, 0.3) is 0 Å². The summed E-state index contributed by atoms with van der Waals surface area (Å²) in [7, 11) is 0. The number of rotatable bonds is 2. The molecular formula is C12H9ClFIN2. The average molecular weight is 363 g/mol. The van der Waals surface area contributed by atoms with Crippen molar-refractivity contribution in [2.45, 2.75) is 0 Å². The van der Waals surface area contributed by atoms with Gasteiger partial charge < -0.3 is 11.1 Å². The molecule has 0 atom stereocenters. The predicted molar refractivity (Wildman–Crippen MR) is 78.3 cm³/mol. The minimum atomic E-state index is -0.348. The molecule has 0 aliphatic heterocycles. The summed E-state index contributed by atoms with van der Waals surface area (Å²) in [6, 6.07) is 9.73. The number of anilines is 3. The molecule has 2 aromatic rings. The molecule has 0 spiro atoms. The van der Waals surface area contributed by atoms with Gasteiger partial charge in [0.1, 0.15) is 5.82 Å². The molecule has 0 unspecified atom stereocenters. The molecule has 0 heterocycles. The summed E-state index contributed by atoms with van der Waals surface area (Å²) in [5, 5.41) is 3.81. The predicted octanol–water partition coefficient (Wildman–Crippen LogP) is 4.41. The van der Waals surface area contributed by atoms with E-state index >= 15 is 0 Å². The minimum absolute atomic E-state index is 0.348. The SMILES string of the molecule is Nc1cc(F)ccc1Nc1ccc(Cl)cc1I. The highest BCUT2D eigenvalue weighted by Crippen LogP contribution is 2.28. The van der Waals surface area contributed by atoms with Crippen LogP contribution in [0.1, 0.15) is 0 Å². The van der Waals surface area contributed by atoms with Gasteiger partial charge in [0.05, 0.1) is 17.1 Å². The Kier molecular flexibility index (Phi) is 3.73. The number of hydrogen-bond donors (Lipinski definition) is 2. The lowest BCUT2D eigenvalue weighted by Crippen LogP contribution is -1.98. The Balaban J connectivity index is 2.31. The van der Waals surface area contributed by atoms with E-state index in [9.17, 15) is 4.39 Å². The molecule has 3 N–H and O–H groups in total. The van der Waals surface area contributed by atoms with Gasteiger partial charge in [-0.05, 0) is 59.0 Å². The minimum Gasteiger partial charge on any atom is -0.397 e. The standard InChI is InChI=1S/C12H9ClFIN2/c13-7-1-3-11(9(15)5-7)17-12-4-2-8(14)6-10(12)16/h1-6,17H,16H2. The molecule has 0 amide bonds. The van der Waals surface area contributed by atoms with Crippen LogP contribution in [0, 0.1) is 9.39 Å². The molecular weight excluding hydrogens is 354 g/mol. The van der Waals surface area contributed by atoms with Crippen molar-refractivity contribution >= 4 is 51.3 Å².